The third-order valence-corrected chi connectivity index (χ3v) is 1.73. The number of esters is 1. The zero-order valence-electron chi connectivity index (χ0n) is 9.86. The third-order valence-electron chi connectivity index (χ3n) is 1.73. The molecule has 0 radical (unpaired) electrons. The number of ether oxygens (including phenoxy) is 1. The molecule has 3 nitrogen and oxygen atoms in total. The van der Waals surface area contributed by atoms with Gasteiger partial charge in [-0.1, -0.05) is 12.1 Å². The van der Waals surface area contributed by atoms with E-state index >= 15 is 0 Å². The van der Waals surface area contributed by atoms with E-state index in [4.69, 9.17) is 10.5 Å². The van der Waals surface area contributed by atoms with Crippen molar-refractivity contribution in [1.29, 1.82) is 0 Å². The number of nitrogens with two attached hydrogens (primary N) is 1. The van der Waals surface area contributed by atoms with Gasteiger partial charge in [0.2, 0.25) is 0 Å². The lowest BCUT2D eigenvalue weighted by molar-refractivity contribution is -0.148. The fraction of sp³-hybridized carbons (Fsp3) is 0.308. The zero-order valence-corrected chi connectivity index (χ0v) is 9.86. The normalized spacial score (nSPS) is 11.7. The van der Waals surface area contributed by atoms with Crippen LogP contribution in [0.1, 0.15) is 26.3 Å². The topological polar surface area (TPSA) is 52.3 Å². The smallest absolute Gasteiger partial charge is 0.331 e. The highest BCUT2D eigenvalue weighted by Crippen LogP contribution is 2.10. The molecule has 0 unspecified atom stereocenters. The fourth-order valence-corrected chi connectivity index (χ4v) is 1.16. The highest BCUT2D eigenvalue weighted by Gasteiger charge is 2.13. The van der Waals surface area contributed by atoms with Crippen LogP contribution in [0.15, 0.2) is 30.3 Å². The zero-order chi connectivity index (χ0) is 12.2. The SMILES string of the molecule is CC(C)(C)OC(=O)/C=C/c1cccc(N)c1. The molecule has 0 atom stereocenters. The van der Waals surface area contributed by atoms with Gasteiger partial charge in [-0.25, -0.2) is 4.79 Å². The summed E-state index contributed by atoms with van der Waals surface area (Å²) >= 11 is 0. The largest absolute Gasteiger partial charge is 0.457 e. The number of benzene rings is 1. The Morgan fingerprint density at radius 2 is 2.06 bits per heavy atom. The van der Waals surface area contributed by atoms with Crippen LogP contribution < -0.4 is 5.73 Å². The van der Waals surface area contributed by atoms with Crippen molar-refractivity contribution in [1.82, 2.24) is 0 Å². The van der Waals surface area contributed by atoms with E-state index in [0.717, 1.165) is 5.56 Å². The molecule has 0 amide bonds. The second-order valence-electron chi connectivity index (χ2n) is 4.54. The van der Waals surface area contributed by atoms with Crippen molar-refractivity contribution in [3.8, 4) is 0 Å². The lowest BCUT2D eigenvalue weighted by Gasteiger charge is -2.17. The number of nitrogen functional groups attached to an aromatic ring is 1. The highest BCUT2D eigenvalue weighted by atomic mass is 16.6. The molecule has 16 heavy (non-hydrogen) atoms. The van der Waals surface area contributed by atoms with Crippen molar-refractivity contribution < 1.29 is 9.53 Å². The van der Waals surface area contributed by atoms with Gasteiger partial charge >= 0.3 is 5.97 Å². The number of carbonyl (C=O) groups is 1. The molecule has 0 fully saturated rings. The first-order chi connectivity index (χ1) is 7.37. The van der Waals surface area contributed by atoms with E-state index in [9.17, 15) is 4.79 Å². The van der Waals surface area contributed by atoms with Gasteiger partial charge in [0, 0.05) is 11.8 Å². The summed E-state index contributed by atoms with van der Waals surface area (Å²) in [4.78, 5) is 11.4. The quantitative estimate of drug-likeness (QED) is 0.472. The lowest BCUT2D eigenvalue weighted by Crippen LogP contribution is -2.22. The Morgan fingerprint density at radius 3 is 2.62 bits per heavy atom. The molecule has 0 aliphatic carbocycles. The van der Waals surface area contributed by atoms with Gasteiger partial charge in [0.15, 0.2) is 0 Å². The molecule has 1 aromatic rings. The van der Waals surface area contributed by atoms with E-state index in [1.807, 2.05) is 32.9 Å². The number of hydrogen-bond acceptors (Lipinski definition) is 3. The molecule has 1 aromatic carbocycles. The molecule has 86 valence electrons. The standard InChI is InChI=1S/C13H17NO2/c1-13(2,3)16-12(15)8-7-10-5-4-6-11(14)9-10/h4-9H,14H2,1-3H3/b8-7+. The predicted octanol–water partition coefficient (Wildman–Crippen LogP) is 2.62. The number of anilines is 1. The van der Waals surface area contributed by atoms with Crippen molar-refractivity contribution in [3.63, 3.8) is 0 Å². The van der Waals surface area contributed by atoms with Crippen molar-refractivity contribution in [2.75, 3.05) is 5.73 Å². The Bertz CT molecular complexity index is 403. The number of rotatable bonds is 2. The molecule has 0 bridgehead atoms. The molecule has 0 aliphatic heterocycles. The van der Waals surface area contributed by atoms with Gasteiger partial charge in [-0.15, -0.1) is 0 Å². The second-order valence-corrected chi connectivity index (χ2v) is 4.54. The number of hydrogen-bond donors (Lipinski definition) is 1. The van der Waals surface area contributed by atoms with E-state index in [1.165, 1.54) is 6.08 Å². The molecule has 0 heterocycles. The van der Waals surface area contributed by atoms with Gasteiger partial charge in [-0.2, -0.15) is 0 Å². The van der Waals surface area contributed by atoms with Crippen LogP contribution in [0, 0.1) is 0 Å². The van der Waals surface area contributed by atoms with Gasteiger partial charge < -0.3 is 10.5 Å². The average Bonchev–Trinajstić information content (AvgIpc) is 2.12. The van der Waals surface area contributed by atoms with Gasteiger partial charge in [0.25, 0.3) is 0 Å². The first kappa shape index (κ1) is 12.3. The maximum absolute atomic E-state index is 11.4. The molecule has 2 N–H and O–H groups in total. The molecule has 0 aliphatic rings. The first-order valence-electron chi connectivity index (χ1n) is 5.13. The molecular weight excluding hydrogens is 202 g/mol. The van der Waals surface area contributed by atoms with Gasteiger partial charge in [-0.05, 0) is 44.5 Å². The van der Waals surface area contributed by atoms with Gasteiger partial charge in [0.05, 0.1) is 0 Å². The Balaban J connectivity index is 2.64. The Hall–Kier alpha value is -1.77. The third kappa shape index (κ3) is 4.64. The Labute approximate surface area is 95.9 Å². The molecule has 0 saturated carbocycles. The minimum Gasteiger partial charge on any atom is -0.457 e. The van der Waals surface area contributed by atoms with E-state index in [1.54, 1.807) is 18.2 Å². The maximum atomic E-state index is 11.4. The number of carbonyl (C=O) groups excluding carboxylic acids is 1. The average molecular weight is 219 g/mol. The summed E-state index contributed by atoms with van der Waals surface area (Å²) in [6.45, 7) is 5.50. The van der Waals surface area contributed by atoms with Crippen molar-refractivity contribution in [3.05, 3.63) is 35.9 Å². The van der Waals surface area contributed by atoms with Gasteiger partial charge in [-0.3, -0.25) is 0 Å². The summed E-state index contributed by atoms with van der Waals surface area (Å²) in [6, 6.07) is 7.30. The summed E-state index contributed by atoms with van der Waals surface area (Å²) < 4.78 is 5.13. The first-order valence-corrected chi connectivity index (χ1v) is 5.13. The lowest BCUT2D eigenvalue weighted by atomic mass is 10.2. The second kappa shape index (κ2) is 4.84. The summed E-state index contributed by atoms with van der Waals surface area (Å²) in [5.74, 6) is -0.352. The molecule has 0 saturated heterocycles. The molecular formula is C13H17NO2. The Kier molecular flexibility index (Phi) is 3.72. The van der Waals surface area contributed by atoms with Gasteiger partial charge in [0.1, 0.15) is 5.60 Å². The van der Waals surface area contributed by atoms with Crippen LogP contribution in [0.3, 0.4) is 0 Å². The summed E-state index contributed by atoms with van der Waals surface area (Å²) in [5, 5.41) is 0. The highest BCUT2D eigenvalue weighted by molar-refractivity contribution is 5.87. The molecule has 0 spiro atoms. The fourth-order valence-electron chi connectivity index (χ4n) is 1.16. The van der Waals surface area contributed by atoms with Crippen LogP contribution in [0.5, 0.6) is 0 Å². The Morgan fingerprint density at radius 1 is 1.38 bits per heavy atom. The van der Waals surface area contributed by atoms with Crippen molar-refractivity contribution in [2.24, 2.45) is 0 Å². The van der Waals surface area contributed by atoms with Crippen LogP contribution in [0.25, 0.3) is 6.08 Å². The van der Waals surface area contributed by atoms with E-state index in [-0.39, 0.29) is 5.97 Å². The van der Waals surface area contributed by atoms with Crippen LogP contribution in [0.2, 0.25) is 0 Å². The van der Waals surface area contributed by atoms with Crippen LogP contribution in [-0.2, 0) is 9.53 Å². The monoisotopic (exact) mass is 219 g/mol. The summed E-state index contributed by atoms with van der Waals surface area (Å²) in [6.07, 6.45) is 3.09. The van der Waals surface area contributed by atoms with Crippen LogP contribution in [-0.4, -0.2) is 11.6 Å². The van der Waals surface area contributed by atoms with E-state index in [2.05, 4.69) is 0 Å². The molecule has 1 rings (SSSR count). The van der Waals surface area contributed by atoms with Crippen LogP contribution >= 0.6 is 0 Å². The molecule has 3 heteroatoms. The van der Waals surface area contributed by atoms with Crippen molar-refractivity contribution in [2.45, 2.75) is 26.4 Å². The predicted molar refractivity (Wildman–Crippen MR) is 65.7 cm³/mol. The van der Waals surface area contributed by atoms with E-state index < -0.39 is 5.60 Å². The summed E-state index contributed by atoms with van der Waals surface area (Å²) in [5.41, 5.74) is 6.71. The van der Waals surface area contributed by atoms with E-state index in [0.29, 0.717) is 5.69 Å². The maximum Gasteiger partial charge on any atom is 0.331 e. The minimum absolute atomic E-state index is 0.352. The summed E-state index contributed by atoms with van der Waals surface area (Å²) in [7, 11) is 0. The minimum atomic E-state index is -0.461. The van der Waals surface area contributed by atoms with Crippen molar-refractivity contribution >= 4 is 17.7 Å². The van der Waals surface area contributed by atoms with Crippen LogP contribution in [0.4, 0.5) is 5.69 Å². The molecule has 0 aromatic heterocycles.